The van der Waals surface area contributed by atoms with E-state index < -0.39 is 11.7 Å². The molecule has 0 bridgehead atoms. The Kier molecular flexibility index (Phi) is 6.53. The molecule has 1 aromatic carbocycles. The zero-order chi connectivity index (χ0) is 14.5. The van der Waals surface area contributed by atoms with Gasteiger partial charge in [0.15, 0.2) is 0 Å². The summed E-state index contributed by atoms with van der Waals surface area (Å²) in [5, 5.41) is 0.423. The lowest BCUT2D eigenvalue weighted by Gasteiger charge is -2.24. The predicted octanol–water partition coefficient (Wildman–Crippen LogP) is 4.79. The number of anilines is 1. The first-order valence-corrected chi connectivity index (χ1v) is 8.38. The molecule has 0 saturated carbocycles. The van der Waals surface area contributed by atoms with Gasteiger partial charge in [0.25, 0.3) is 0 Å². The average Bonchev–Trinajstić information content (AvgIpc) is 2.37. The summed E-state index contributed by atoms with van der Waals surface area (Å²) in [5.41, 5.74) is 0.322. The van der Waals surface area contributed by atoms with E-state index in [4.69, 9.17) is 0 Å². The topological polar surface area (TPSA) is 3.24 Å². The highest BCUT2D eigenvalue weighted by Gasteiger charge is 2.34. The van der Waals surface area contributed by atoms with Gasteiger partial charge in [-0.25, -0.2) is 0 Å². The van der Waals surface area contributed by atoms with Gasteiger partial charge in [0, 0.05) is 24.6 Å². The molecule has 0 N–H and O–H groups in total. The molecule has 0 spiro atoms. The number of rotatable bonds is 6. The lowest BCUT2D eigenvalue weighted by molar-refractivity contribution is -0.137. The number of hydrogen-bond donors (Lipinski definition) is 0. The van der Waals surface area contributed by atoms with Crippen LogP contribution in [-0.4, -0.2) is 25.6 Å². The Labute approximate surface area is 124 Å². The van der Waals surface area contributed by atoms with Crippen LogP contribution in [0.1, 0.15) is 17.5 Å². The normalized spacial score (nSPS) is 11.7. The standard InChI is InChI=1S/C13H17BrF3NS/c1-18(6-3-7-19-2)12-5-4-10(9-14)8-11(12)13(15,16)17/h4-5,8H,3,6-7,9H2,1-2H3. The number of hydrogen-bond acceptors (Lipinski definition) is 2. The molecule has 1 rings (SSSR count). The Balaban J connectivity index is 2.98. The Morgan fingerprint density at radius 1 is 1.32 bits per heavy atom. The fourth-order valence-electron chi connectivity index (χ4n) is 1.79. The quantitative estimate of drug-likeness (QED) is 0.533. The van der Waals surface area contributed by atoms with Crippen LogP contribution >= 0.6 is 27.7 Å². The summed E-state index contributed by atoms with van der Waals surface area (Å²) in [6.45, 7) is 0.623. The number of nitrogens with zero attached hydrogens (tertiary/aromatic N) is 1. The lowest BCUT2D eigenvalue weighted by atomic mass is 10.1. The number of halogens is 4. The zero-order valence-electron chi connectivity index (χ0n) is 10.9. The van der Waals surface area contributed by atoms with Gasteiger partial charge in [-0.15, -0.1) is 0 Å². The van der Waals surface area contributed by atoms with Gasteiger partial charge in [-0.2, -0.15) is 24.9 Å². The number of alkyl halides is 4. The third kappa shape index (κ3) is 4.91. The van der Waals surface area contributed by atoms with Crippen molar-refractivity contribution < 1.29 is 13.2 Å². The molecule has 0 radical (unpaired) electrons. The Hall–Kier alpha value is -0.360. The number of thioether (sulfide) groups is 1. The maximum Gasteiger partial charge on any atom is 0.418 e. The van der Waals surface area contributed by atoms with Gasteiger partial charge in [-0.05, 0) is 36.1 Å². The van der Waals surface area contributed by atoms with E-state index in [9.17, 15) is 13.2 Å². The van der Waals surface area contributed by atoms with Gasteiger partial charge >= 0.3 is 6.18 Å². The maximum absolute atomic E-state index is 13.1. The first kappa shape index (κ1) is 16.7. The van der Waals surface area contributed by atoms with Crippen LogP contribution < -0.4 is 4.90 Å². The van der Waals surface area contributed by atoms with Crippen molar-refractivity contribution in [2.75, 3.05) is 30.5 Å². The smallest absolute Gasteiger partial charge is 0.374 e. The molecule has 19 heavy (non-hydrogen) atoms. The highest BCUT2D eigenvalue weighted by Crippen LogP contribution is 2.37. The molecule has 108 valence electrons. The van der Waals surface area contributed by atoms with E-state index >= 15 is 0 Å². The number of benzene rings is 1. The minimum absolute atomic E-state index is 0.248. The van der Waals surface area contributed by atoms with Crippen LogP contribution in [0.5, 0.6) is 0 Å². The zero-order valence-corrected chi connectivity index (χ0v) is 13.3. The van der Waals surface area contributed by atoms with Crippen LogP contribution in [0.25, 0.3) is 0 Å². The van der Waals surface area contributed by atoms with E-state index in [0.29, 0.717) is 17.4 Å². The monoisotopic (exact) mass is 355 g/mol. The molecule has 0 saturated heterocycles. The first-order valence-electron chi connectivity index (χ1n) is 5.86. The second-order valence-corrected chi connectivity index (χ2v) is 5.80. The molecule has 0 unspecified atom stereocenters. The molecule has 0 atom stereocenters. The molecule has 0 amide bonds. The predicted molar refractivity (Wildman–Crippen MR) is 80.3 cm³/mol. The molecular formula is C13H17BrF3NS. The molecule has 0 aliphatic heterocycles. The molecule has 0 heterocycles. The second kappa shape index (κ2) is 7.43. The summed E-state index contributed by atoms with van der Waals surface area (Å²) >= 11 is 4.89. The van der Waals surface area contributed by atoms with Gasteiger partial charge in [0.05, 0.1) is 5.56 Å². The van der Waals surface area contributed by atoms with Crippen molar-refractivity contribution in [3.05, 3.63) is 29.3 Å². The van der Waals surface area contributed by atoms with E-state index in [1.54, 1.807) is 35.8 Å². The fraction of sp³-hybridized carbons (Fsp3) is 0.538. The van der Waals surface area contributed by atoms with Crippen LogP contribution in [0.15, 0.2) is 18.2 Å². The average molecular weight is 356 g/mol. The summed E-state index contributed by atoms with van der Waals surface area (Å²) in [6, 6.07) is 4.50. The Morgan fingerprint density at radius 3 is 2.53 bits per heavy atom. The van der Waals surface area contributed by atoms with Gasteiger partial charge in [0.2, 0.25) is 0 Å². The van der Waals surface area contributed by atoms with E-state index in [1.807, 2.05) is 6.26 Å². The van der Waals surface area contributed by atoms with Crippen molar-refractivity contribution in [3.8, 4) is 0 Å². The third-order valence-corrected chi connectivity index (χ3v) is 4.12. The SMILES string of the molecule is CSCCCN(C)c1ccc(CBr)cc1C(F)(F)F. The molecule has 0 aliphatic carbocycles. The van der Waals surface area contributed by atoms with Crippen molar-refractivity contribution >= 4 is 33.4 Å². The Bertz CT molecular complexity index is 409. The largest absolute Gasteiger partial charge is 0.418 e. The van der Waals surface area contributed by atoms with Crippen LogP contribution in [-0.2, 0) is 11.5 Å². The van der Waals surface area contributed by atoms with Gasteiger partial charge in [-0.3, -0.25) is 0 Å². The molecule has 1 aromatic rings. The van der Waals surface area contributed by atoms with E-state index in [2.05, 4.69) is 15.9 Å². The summed E-state index contributed by atoms with van der Waals surface area (Å²) < 4.78 is 39.2. The molecule has 0 aliphatic rings. The molecule has 0 fully saturated rings. The first-order chi connectivity index (χ1) is 8.90. The minimum Gasteiger partial charge on any atom is -0.374 e. The van der Waals surface area contributed by atoms with E-state index in [0.717, 1.165) is 12.2 Å². The second-order valence-electron chi connectivity index (χ2n) is 4.25. The highest BCUT2D eigenvalue weighted by atomic mass is 79.9. The van der Waals surface area contributed by atoms with Crippen molar-refractivity contribution in [1.29, 1.82) is 0 Å². The summed E-state index contributed by atoms with van der Waals surface area (Å²) in [6.07, 6.45) is -1.46. The summed E-state index contributed by atoms with van der Waals surface area (Å²) in [7, 11) is 1.71. The van der Waals surface area contributed by atoms with Gasteiger partial charge < -0.3 is 4.90 Å². The summed E-state index contributed by atoms with van der Waals surface area (Å²) in [5.74, 6) is 0.950. The fourth-order valence-corrected chi connectivity index (χ4v) is 2.56. The van der Waals surface area contributed by atoms with Crippen LogP contribution in [0.2, 0.25) is 0 Å². The molecular weight excluding hydrogens is 339 g/mol. The molecule has 0 aromatic heterocycles. The van der Waals surface area contributed by atoms with Crippen molar-refractivity contribution in [2.24, 2.45) is 0 Å². The van der Waals surface area contributed by atoms with Crippen LogP contribution in [0.3, 0.4) is 0 Å². The Morgan fingerprint density at radius 2 is 2.00 bits per heavy atom. The van der Waals surface area contributed by atoms with E-state index in [-0.39, 0.29) is 5.69 Å². The maximum atomic E-state index is 13.1. The lowest BCUT2D eigenvalue weighted by Crippen LogP contribution is -2.23. The van der Waals surface area contributed by atoms with Crippen LogP contribution in [0.4, 0.5) is 18.9 Å². The van der Waals surface area contributed by atoms with Crippen LogP contribution in [0, 0.1) is 0 Å². The van der Waals surface area contributed by atoms with Crippen molar-refractivity contribution in [3.63, 3.8) is 0 Å². The minimum atomic E-state index is -4.32. The highest BCUT2D eigenvalue weighted by molar-refractivity contribution is 9.08. The van der Waals surface area contributed by atoms with Gasteiger partial charge in [0.1, 0.15) is 0 Å². The van der Waals surface area contributed by atoms with E-state index in [1.165, 1.54) is 6.07 Å². The molecule has 6 heteroatoms. The van der Waals surface area contributed by atoms with Crippen molar-refractivity contribution in [2.45, 2.75) is 17.9 Å². The third-order valence-electron chi connectivity index (χ3n) is 2.77. The summed E-state index contributed by atoms with van der Waals surface area (Å²) in [4.78, 5) is 1.68. The molecule has 1 nitrogen and oxygen atoms in total. The van der Waals surface area contributed by atoms with Crippen molar-refractivity contribution in [1.82, 2.24) is 0 Å². The van der Waals surface area contributed by atoms with Gasteiger partial charge in [-0.1, -0.05) is 22.0 Å².